The Labute approximate surface area is 105 Å². The second-order valence-electron chi connectivity index (χ2n) is 3.41. The zero-order valence-corrected chi connectivity index (χ0v) is 10.9. The van der Waals surface area contributed by atoms with Crippen molar-refractivity contribution in [2.24, 2.45) is 5.73 Å². The summed E-state index contributed by atoms with van der Waals surface area (Å²) in [5.41, 5.74) is 8.45. The number of hydrogen-bond donors (Lipinski definition) is 2. The van der Waals surface area contributed by atoms with Gasteiger partial charge in [-0.05, 0) is 6.92 Å². The van der Waals surface area contributed by atoms with E-state index in [9.17, 15) is 13.2 Å². The van der Waals surface area contributed by atoms with E-state index in [0.717, 1.165) is 6.26 Å². The minimum Gasteiger partial charge on any atom is -0.487 e. The van der Waals surface area contributed by atoms with Crippen molar-refractivity contribution in [3.8, 4) is 0 Å². The molecule has 0 saturated heterocycles. The zero-order valence-electron chi connectivity index (χ0n) is 10.1. The van der Waals surface area contributed by atoms with E-state index in [1.807, 2.05) is 0 Å². The monoisotopic (exact) mass is 277 g/mol. The fourth-order valence-corrected chi connectivity index (χ4v) is 1.69. The molecule has 8 nitrogen and oxygen atoms in total. The molecule has 1 aliphatic heterocycles. The zero-order chi connectivity index (χ0) is 13.8. The van der Waals surface area contributed by atoms with Crippen molar-refractivity contribution in [1.82, 2.24) is 10.4 Å². The van der Waals surface area contributed by atoms with Gasteiger partial charge in [-0.25, -0.2) is 4.79 Å². The summed E-state index contributed by atoms with van der Waals surface area (Å²) < 4.78 is 31.3. The average Bonchev–Trinajstić information content (AvgIpc) is 2.56. The third-order valence-electron chi connectivity index (χ3n) is 2.00. The second kappa shape index (κ2) is 5.76. The van der Waals surface area contributed by atoms with Crippen LogP contribution in [0.2, 0.25) is 0 Å². The van der Waals surface area contributed by atoms with E-state index in [1.165, 1.54) is 5.01 Å². The Morgan fingerprint density at radius 2 is 2.17 bits per heavy atom. The summed E-state index contributed by atoms with van der Waals surface area (Å²) in [6, 6.07) is 0. The lowest BCUT2D eigenvalue weighted by atomic mass is 10.4. The maximum Gasteiger partial charge on any atom is 0.264 e. The van der Waals surface area contributed by atoms with Crippen LogP contribution >= 0.6 is 0 Å². The summed E-state index contributed by atoms with van der Waals surface area (Å²) in [6.45, 7) is 2.13. The van der Waals surface area contributed by atoms with Crippen LogP contribution in [0.15, 0.2) is 17.3 Å². The summed E-state index contributed by atoms with van der Waals surface area (Å²) in [4.78, 5) is 10.7. The van der Waals surface area contributed by atoms with Gasteiger partial charge in [-0.1, -0.05) is 0 Å². The van der Waals surface area contributed by atoms with Crippen LogP contribution in [0.5, 0.6) is 0 Å². The van der Waals surface area contributed by atoms with Crippen LogP contribution in [-0.4, -0.2) is 45.4 Å². The molecule has 0 aromatic heterocycles. The summed E-state index contributed by atoms with van der Waals surface area (Å²) in [6.07, 6.45) is 0.950. The molecule has 0 saturated carbocycles. The first-order chi connectivity index (χ1) is 8.39. The largest absolute Gasteiger partial charge is 0.487 e. The van der Waals surface area contributed by atoms with Gasteiger partial charge in [0.1, 0.15) is 0 Å². The first-order valence-corrected chi connectivity index (χ1v) is 6.97. The molecule has 0 atom stereocenters. The number of nitrogens with one attached hydrogen (secondary N) is 1. The molecule has 0 amide bonds. The van der Waals surface area contributed by atoms with Crippen LogP contribution < -0.4 is 11.2 Å². The third-order valence-corrected chi connectivity index (χ3v) is 2.60. The highest BCUT2D eigenvalue weighted by molar-refractivity contribution is 7.85. The lowest BCUT2D eigenvalue weighted by Crippen LogP contribution is -2.37. The van der Waals surface area contributed by atoms with Gasteiger partial charge in [-0.2, -0.15) is 8.42 Å². The van der Waals surface area contributed by atoms with Crippen molar-refractivity contribution < 1.29 is 22.1 Å². The molecule has 0 aliphatic carbocycles. The summed E-state index contributed by atoms with van der Waals surface area (Å²) in [5, 5.41) is 1.36. The molecule has 1 heterocycles. The summed E-state index contributed by atoms with van der Waals surface area (Å²) >= 11 is 0. The minimum absolute atomic E-state index is 0.0775. The smallest absolute Gasteiger partial charge is 0.264 e. The predicted molar refractivity (Wildman–Crippen MR) is 62.7 cm³/mol. The normalized spacial score (nSPS) is 15.7. The van der Waals surface area contributed by atoms with Crippen LogP contribution in [0.25, 0.3) is 0 Å². The van der Waals surface area contributed by atoms with Gasteiger partial charge in [-0.3, -0.25) is 14.6 Å². The van der Waals surface area contributed by atoms with Crippen LogP contribution in [0.3, 0.4) is 0 Å². The van der Waals surface area contributed by atoms with E-state index >= 15 is 0 Å². The number of rotatable bonds is 6. The van der Waals surface area contributed by atoms with Crippen molar-refractivity contribution in [3.05, 3.63) is 17.3 Å². The Bertz CT molecular complexity index is 492. The van der Waals surface area contributed by atoms with Crippen molar-refractivity contribution in [3.63, 3.8) is 0 Å². The van der Waals surface area contributed by atoms with Gasteiger partial charge in [0.25, 0.3) is 10.1 Å². The molecule has 0 fully saturated rings. The molecule has 1 rings (SSSR count). The number of hydrazine groups is 1. The van der Waals surface area contributed by atoms with Crippen molar-refractivity contribution in [1.29, 1.82) is 0 Å². The molecule has 0 unspecified atom stereocenters. The summed E-state index contributed by atoms with van der Waals surface area (Å²) in [7, 11) is -3.50. The number of ether oxygens (including phenoxy) is 1. The van der Waals surface area contributed by atoms with Gasteiger partial charge in [-0.15, -0.1) is 0 Å². The first kappa shape index (κ1) is 14.4. The van der Waals surface area contributed by atoms with E-state index in [2.05, 4.69) is 9.61 Å². The average molecular weight is 277 g/mol. The maximum atomic E-state index is 10.8. The van der Waals surface area contributed by atoms with Crippen LogP contribution in [0.1, 0.15) is 6.92 Å². The highest BCUT2D eigenvalue weighted by Gasteiger charge is 2.27. The lowest BCUT2D eigenvalue weighted by Gasteiger charge is -2.18. The fourth-order valence-electron chi connectivity index (χ4n) is 1.31. The molecular formula is C9H15N3O5S. The second-order valence-corrected chi connectivity index (χ2v) is 5.06. The fraction of sp³-hybridized carbons (Fsp3) is 0.556. The molecule has 102 valence electrons. The Kier molecular flexibility index (Phi) is 4.60. The van der Waals surface area contributed by atoms with Gasteiger partial charge < -0.3 is 10.5 Å². The number of hydrogen-bond acceptors (Lipinski definition) is 8. The van der Waals surface area contributed by atoms with E-state index < -0.39 is 10.1 Å². The van der Waals surface area contributed by atoms with E-state index in [-0.39, 0.29) is 30.4 Å². The molecule has 1 aliphatic rings. The lowest BCUT2D eigenvalue weighted by molar-refractivity contribution is 0.218. The number of nitrogens with zero attached hydrogens (tertiary/aromatic N) is 1. The van der Waals surface area contributed by atoms with Crippen LogP contribution in [0, 0.1) is 0 Å². The Balaban J connectivity index is 2.67. The molecule has 0 bridgehead atoms. The Morgan fingerprint density at radius 3 is 2.67 bits per heavy atom. The quantitative estimate of drug-likeness (QED) is 0.453. The first-order valence-electron chi connectivity index (χ1n) is 5.15. The predicted octanol–water partition coefficient (Wildman–Crippen LogP) is -1.34. The van der Waals surface area contributed by atoms with Gasteiger partial charge in [0.15, 0.2) is 23.2 Å². The standard InChI is InChI=1S/C9H15N3O5S/c1-3-16-8-7(6-13)11-12(9(8)10)4-5-17-18(2,14)15/h11H,3-5,10H2,1-2H3. The van der Waals surface area contributed by atoms with E-state index in [1.54, 1.807) is 12.9 Å². The van der Waals surface area contributed by atoms with Gasteiger partial charge >= 0.3 is 0 Å². The highest BCUT2D eigenvalue weighted by Crippen LogP contribution is 2.18. The highest BCUT2D eigenvalue weighted by atomic mass is 32.2. The molecule has 9 heteroatoms. The van der Waals surface area contributed by atoms with E-state index in [0.29, 0.717) is 6.61 Å². The third kappa shape index (κ3) is 3.66. The van der Waals surface area contributed by atoms with Crippen molar-refractivity contribution >= 4 is 16.1 Å². The van der Waals surface area contributed by atoms with Crippen LogP contribution in [-0.2, 0) is 23.8 Å². The number of carbonyl (C=O) groups excluding carboxylic acids is 1. The Hall–Kier alpha value is -1.70. The van der Waals surface area contributed by atoms with Crippen molar-refractivity contribution in [2.45, 2.75) is 6.92 Å². The molecule has 0 aromatic rings. The maximum absolute atomic E-state index is 10.8. The van der Waals surface area contributed by atoms with Gasteiger partial charge in [0.05, 0.1) is 26.0 Å². The number of nitrogens with two attached hydrogens (primary N) is 1. The van der Waals surface area contributed by atoms with Gasteiger partial charge in [0, 0.05) is 0 Å². The van der Waals surface area contributed by atoms with Crippen molar-refractivity contribution in [2.75, 3.05) is 26.0 Å². The van der Waals surface area contributed by atoms with E-state index in [4.69, 9.17) is 10.5 Å². The SMILES string of the molecule is CCOC1=C(N)N(CCOS(C)(=O)=O)NC1=C=O. The molecule has 0 aromatic carbocycles. The van der Waals surface area contributed by atoms with Gasteiger partial charge in [0.2, 0.25) is 0 Å². The summed E-state index contributed by atoms with van der Waals surface area (Å²) in [5.74, 6) is 2.05. The molecule has 3 N–H and O–H groups in total. The Morgan fingerprint density at radius 1 is 1.50 bits per heavy atom. The molecular weight excluding hydrogens is 262 g/mol. The molecule has 18 heavy (non-hydrogen) atoms. The molecule has 0 spiro atoms. The minimum atomic E-state index is -3.50. The topological polar surface area (TPSA) is 111 Å². The van der Waals surface area contributed by atoms with Crippen LogP contribution in [0.4, 0.5) is 0 Å². The molecule has 0 radical (unpaired) electrons.